The van der Waals surface area contributed by atoms with Crippen molar-refractivity contribution >= 4 is 5.91 Å². The highest BCUT2D eigenvalue weighted by molar-refractivity contribution is 5.78. The Morgan fingerprint density at radius 3 is 2.35 bits per heavy atom. The zero-order chi connectivity index (χ0) is 12.4. The molecule has 0 aromatic rings. The first kappa shape index (κ1) is 12.9. The highest BCUT2D eigenvalue weighted by Gasteiger charge is 2.36. The van der Waals surface area contributed by atoms with E-state index in [-0.39, 0.29) is 12.5 Å². The van der Waals surface area contributed by atoms with Crippen LogP contribution in [0.3, 0.4) is 0 Å². The SMILES string of the molecule is CC(C)C(C)N(C(=O)COCC1CC1)C1CC1. The zero-order valence-corrected chi connectivity index (χ0v) is 11.3. The summed E-state index contributed by atoms with van der Waals surface area (Å²) in [6.07, 6.45) is 4.91. The van der Waals surface area contributed by atoms with Gasteiger partial charge in [0.05, 0.1) is 6.61 Å². The number of nitrogens with zero attached hydrogens (tertiary/aromatic N) is 1. The van der Waals surface area contributed by atoms with Crippen LogP contribution in [0, 0.1) is 11.8 Å². The van der Waals surface area contributed by atoms with E-state index in [1.165, 1.54) is 25.7 Å². The van der Waals surface area contributed by atoms with Crippen molar-refractivity contribution in [3.05, 3.63) is 0 Å². The third-order valence-corrected chi connectivity index (χ3v) is 3.91. The highest BCUT2D eigenvalue weighted by atomic mass is 16.5. The minimum absolute atomic E-state index is 0.189. The van der Waals surface area contributed by atoms with Crippen molar-refractivity contribution in [3.8, 4) is 0 Å². The Kier molecular flexibility index (Phi) is 4.08. The van der Waals surface area contributed by atoms with Gasteiger partial charge in [-0.1, -0.05) is 13.8 Å². The summed E-state index contributed by atoms with van der Waals surface area (Å²) < 4.78 is 5.52. The topological polar surface area (TPSA) is 29.5 Å². The molecule has 17 heavy (non-hydrogen) atoms. The maximum Gasteiger partial charge on any atom is 0.249 e. The fraction of sp³-hybridized carbons (Fsp3) is 0.929. The van der Waals surface area contributed by atoms with Crippen LogP contribution >= 0.6 is 0 Å². The lowest BCUT2D eigenvalue weighted by Crippen LogP contribution is -2.44. The summed E-state index contributed by atoms with van der Waals surface area (Å²) in [6, 6.07) is 0.823. The molecule has 0 saturated heterocycles. The van der Waals surface area contributed by atoms with Gasteiger partial charge in [0.1, 0.15) is 6.61 Å². The van der Waals surface area contributed by atoms with Crippen molar-refractivity contribution in [2.75, 3.05) is 13.2 Å². The summed E-state index contributed by atoms with van der Waals surface area (Å²) >= 11 is 0. The molecule has 0 aliphatic heterocycles. The molecular formula is C14H25NO2. The zero-order valence-electron chi connectivity index (χ0n) is 11.3. The van der Waals surface area contributed by atoms with Crippen molar-refractivity contribution < 1.29 is 9.53 Å². The van der Waals surface area contributed by atoms with Crippen LogP contribution in [0.1, 0.15) is 46.5 Å². The number of carbonyl (C=O) groups is 1. The van der Waals surface area contributed by atoms with E-state index in [0.29, 0.717) is 18.0 Å². The highest BCUT2D eigenvalue weighted by Crippen LogP contribution is 2.31. The summed E-state index contributed by atoms with van der Waals surface area (Å²) in [5.74, 6) is 1.44. The van der Waals surface area contributed by atoms with Crippen LogP contribution in [-0.2, 0) is 9.53 Å². The lowest BCUT2D eigenvalue weighted by atomic mass is 10.0. The molecule has 0 aromatic heterocycles. The normalized spacial score (nSPS) is 21.6. The van der Waals surface area contributed by atoms with Crippen molar-refractivity contribution in [1.82, 2.24) is 4.90 Å². The predicted molar refractivity (Wildman–Crippen MR) is 67.7 cm³/mol. The van der Waals surface area contributed by atoms with E-state index in [1.54, 1.807) is 0 Å². The van der Waals surface area contributed by atoms with Crippen LogP contribution in [-0.4, -0.2) is 36.1 Å². The Morgan fingerprint density at radius 2 is 1.88 bits per heavy atom. The fourth-order valence-electron chi connectivity index (χ4n) is 2.11. The van der Waals surface area contributed by atoms with E-state index < -0.39 is 0 Å². The van der Waals surface area contributed by atoms with Gasteiger partial charge in [-0.05, 0) is 44.4 Å². The number of carbonyl (C=O) groups excluding carboxylic acids is 1. The van der Waals surface area contributed by atoms with Crippen LogP contribution in [0.5, 0.6) is 0 Å². The van der Waals surface area contributed by atoms with Crippen molar-refractivity contribution in [1.29, 1.82) is 0 Å². The largest absolute Gasteiger partial charge is 0.371 e. The van der Waals surface area contributed by atoms with Gasteiger partial charge in [0.25, 0.3) is 0 Å². The van der Waals surface area contributed by atoms with Gasteiger partial charge in [-0.25, -0.2) is 0 Å². The Bertz CT molecular complexity index is 269. The van der Waals surface area contributed by atoms with E-state index in [2.05, 4.69) is 25.7 Å². The molecule has 2 fully saturated rings. The van der Waals surface area contributed by atoms with E-state index >= 15 is 0 Å². The molecule has 2 saturated carbocycles. The van der Waals surface area contributed by atoms with Gasteiger partial charge in [-0.3, -0.25) is 4.79 Å². The Balaban J connectivity index is 1.79. The van der Waals surface area contributed by atoms with E-state index in [9.17, 15) is 4.79 Å². The Labute approximate surface area is 105 Å². The van der Waals surface area contributed by atoms with E-state index in [0.717, 1.165) is 12.5 Å². The summed E-state index contributed by atoms with van der Waals surface area (Å²) in [5.41, 5.74) is 0. The lowest BCUT2D eigenvalue weighted by molar-refractivity contribution is -0.140. The Morgan fingerprint density at radius 1 is 1.24 bits per heavy atom. The Hall–Kier alpha value is -0.570. The first-order valence-electron chi connectivity index (χ1n) is 6.98. The number of hydrogen-bond donors (Lipinski definition) is 0. The van der Waals surface area contributed by atoms with Crippen molar-refractivity contribution in [2.24, 2.45) is 11.8 Å². The quantitative estimate of drug-likeness (QED) is 0.683. The molecule has 1 amide bonds. The molecule has 1 atom stereocenters. The van der Waals surface area contributed by atoms with Gasteiger partial charge in [-0.15, -0.1) is 0 Å². The molecule has 0 bridgehead atoms. The summed E-state index contributed by atoms with van der Waals surface area (Å²) in [5, 5.41) is 0. The van der Waals surface area contributed by atoms with Gasteiger partial charge in [0.2, 0.25) is 5.91 Å². The second kappa shape index (κ2) is 5.38. The standard InChI is InChI=1S/C14H25NO2/c1-10(2)11(3)15(13-6-7-13)14(16)9-17-8-12-4-5-12/h10-13H,4-9H2,1-3H3. The van der Waals surface area contributed by atoms with Gasteiger partial charge < -0.3 is 9.64 Å². The molecule has 98 valence electrons. The van der Waals surface area contributed by atoms with Crippen LogP contribution in [0.25, 0.3) is 0 Å². The van der Waals surface area contributed by atoms with Crippen LogP contribution < -0.4 is 0 Å². The van der Waals surface area contributed by atoms with Gasteiger partial charge in [0, 0.05) is 12.1 Å². The number of hydrogen-bond acceptors (Lipinski definition) is 2. The maximum atomic E-state index is 12.2. The maximum absolute atomic E-state index is 12.2. The first-order valence-corrected chi connectivity index (χ1v) is 6.98. The second-order valence-electron chi connectivity index (χ2n) is 5.98. The molecule has 0 N–H and O–H groups in total. The smallest absolute Gasteiger partial charge is 0.249 e. The third kappa shape index (κ3) is 3.70. The molecule has 0 aromatic carbocycles. The van der Waals surface area contributed by atoms with Crippen LogP contribution in [0.4, 0.5) is 0 Å². The fourth-order valence-corrected chi connectivity index (χ4v) is 2.11. The average molecular weight is 239 g/mol. The van der Waals surface area contributed by atoms with E-state index in [4.69, 9.17) is 4.74 Å². The van der Waals surface area contributed by atoms with Gasteiger partial charge >= 0.3 is 0 Å². The third-order valence-electron chi connectivity index (χ3n) is 3.91. The molecule has 0 radical (unpaired) electrons. The number of ether oxygens (including phenoxy) is 1. The minimum atomic E-state index is 0.189. The molecule has 3 nitrogen and oxygen atoms in total. The second-order valence-corrected chi connectivity index (χ2v) is 5.98. The average Bonchev–Trinajstić information content (AvgIpc) is 3.12. The van der Waals surface area contributed by atoms with Crippen molar-refractivity contribution in [2.45, 2.75) is 58.5 Å². The lowest BCUT2D eigenvalue weighted by Gasteiger charge is -2.32. The van der Waals surface area contributed by atoms with E-state index in [1.807, 2.05) is 0 Å². The molecular weight excluding hydrogens is 214 g/mol. The van der Waals surface area contributed by atoms with Crippen LogP contribution in [0.2, 0.25) is 0 Å². The number of rotatable bonds is 7. The monoisotopic (exact) mass is 239 g/mol. The molecule has 0 spiro atoms. The molecule has 0 heterocycles. The minimum Gasteiger partial charge on any atom is -0.371 e. The predicted octanol–water partition coefficient (Wildman–Crippen LogP) is 2.45. The van der Waals surface area contributed by atoms with Crippen molar-refractivity contribution in [3.63, 3.8) is 0 Å². The molecule has 3 heteroatoms. The first-order chi connectivity index (χ1) is 8.09. The van der Waals surface area contributed by atoms with Gasteiger partial charge in [-0.2, -0.15) is 0 Å². The van der Waals surface area contributed by atoms with Gasteiger partial charge in [0.15, 0.2) is 0 Å². The number of amides is 1. The summed E-state index contributed by atoms with van der Waals surface area (Å²) in [7, 11) is 0. The summed E-state index contributed by atoms with van der Waals surface area (Å²) in [4.78, 5) is 14.2. The molecule has 2 aliphatic rings. The van der Waals surface area contributed by atoms with Crippen LogP contribution in [0.15, 0.2) is 0 Å². The molecule has 2 aliphatic carbocycles. The summed E-state index contributed by atoms with van der Waals surface area (Å²) in [6.45, 7) is 7.57. The molecule has 1 unspecified atom stereocenters. The molecule has 2 rings (SSSR count).